The summed E-state index contributed by atoms with van der Waals surface area (Å²) >= 11 is 0. The summed E-state index contributed by atoms with van der Waals surface area (Å²) in [6, 6.07) is 0. The van der Waals surface area contributed by atoms with E-state index in [0.717, 1.165) is 5.57 Å². The van der Waals surface area contributed by atoms with Gasteiger partial charge in [0.2, 0.25) is 0 Å². The summed E-state index contributed by atoms with van der Waals surface area (Å²) in [4.78, 5) is 0. The van der Waals surface area contributed by atoms with Crippen molar-refractivity contribution in [3.05, 3.63) is 29.9 Å². The van der Waals surface area contributed by atoms with Gasteiger partial charge in [0, 0.05) is 5.57 Å². The Bertz CT molecular complexity index is 155. The molecule has 7 heavy (non-hydrogen) atoms. The first-order valence-corrected chi connectivity index (χ1v) is 2.08. The average Bonchev–Trinajstić information content (AvgIpc) is 2.14. The van der Waals surface area contributed by atoms with Crippen molar-refractivity contribution in [3.63, 3.8) is 0 Å². The third kappa shape index (κ3) is 0.673. The summed E-state index contributed by atoms with van der Waals surface area (Å²) < 4.78 is 0. The number of hydrogen-bond acceptors (Lipinski definition) is 1. The van der Waals surface area contributed by atoms with Crippen LogP contribution in [0.1, 0.15) is 0 Å². The van der Waals surface area contributed by atoms with E-state index in [-0.39, 0.29) is 0 Å². The molecule has 0 aliphatic heterocycles. The molecule has 0 unspecified atom stereocenters. The van der Waals surface area contributed by atoms with Gasteiger partial charge in [-0.1, -0.05) is 12.2 Å². The third-order valence-corrected chi connectivity index (χ3v) is 0.807. The molecule has 0 aromatic carbocycles. The van der Waals surface area contributed by atoms with Crippen LogP contribution in [-0.4, -0.2) is 5.87 Å². The molecule has 0 spiro atoms. The maximum Gasteiger partial charge on any atom is 0.0353 e. The SMILES string of the molecule is N=C=C1C=CC=C1. The Kier molecular flexibility index (Phi) is 0.928. The first-order chi connectivity index (χ1) is 3.43. The van der Waals surface area contributed by atoms with Crippen LogP contribution in [0.2, 0.25) is 0 Å². The summed E-state index contributed by atoms with van der Waals surface area (Å²) in [5.74, 6) is 2.26. The van der Waals surface area contributed by atoms with Crippen molar-refractivity contribution in [1.82, 2.24) is 0 Å². The molecule has 0 atom stereocenters. The van der Waals surface area contributed by atoms with Crippen LogP contribution < -0.4 is 0 Å². The predicted molar refractivity (Wildman–Crippen MR) is 29.5 cm³/mol. The van der Waals surface area contributed by atoms with Crippen LogP contribution in [-0.2, 0) is 0 Å². The molecule has 34 valence electrons. The minimum absolute atomic E-state index is 0.847. The van der Waals surface area contributed by atoms with Crippen molar-refractivity contribution in [1.29, 1.82) is 5.41 Å². The van der Waals surface area contributed by atoms with Crippen molar-refractivity contribution in [2.45, 2.75) is 0 Å². The lowest BCUT2D eigenvalue weighted by atomic mass is 10.3. The molecule has 0 aromatic heterocycles. The van der Waals surface area contributed by atoms with Gasteiger partial charge in [-0.05, 0) is 18.0 Å². The first-order valence-electron chi connectivity index (χ1n) is 2.08. The van der Waals surface area contributed by atoms with Crippen LogP contribution in [0, 0.1) is 5.41 Å². The molecule has 0 bridgehead atoms. The minimum atomic E-state index is 0.847. The minimum Gasteiger partial charge on any atom is -0.258 e. The fourth-order valence-corrected chi connectivity index (χ4v) is 0.457. The highest BCUT2D eigenvalue weighted by Gasteiger charge is 1.85. The fraction of sp³-hybridized carbons (Fsp3) is 0. The lowest BCUT2D eigenvalue weighted by Crippen LogP contribution is -1.60. The monoisotopic (exact) mass is 91.0 g/mol. The molecule has 1 rings (SSSR count). The summed E-state index contributed by atoms with van der Waals surface area (Å²) in [6.07, 6.45) is 7.45. The van der Waals surface area contributed by atoms with Crippen LogP contribution in [0.3, 0.4) is 0 Å². The number of nitrogens with one attached hydrogen (secondary N) is 1. The number of hydrogen-bond donors (Lipinski definition) is 1. The lowest BCUT2D eigenvalue weighted by Gasteiger charge is -1.70. The van der Waals surface area contributed by atoms with E-state index < -0.39 is 0 Å². The summed E-state index contributed by atoms with van der Waals surface area (Å²) in [5.41, 5.74) is 0.847. The van der Waals surface area contributed by atoms with Gasteiger partial charge < -0.3 is 0 Å². The largest absolute Gasteiger partial charge is 0.258 e. The summed E-state index contributed by atoms with van der Waals surface area (Å²) in [6.45, 7) is 0. The maximum atomic E-state index is 6.61. The van der Waals surface area contributed by atoms with Gasteiger partial charge in [-0.3, -0.25) is 5.41 Å². The smallest absolute Gasteiger partial charge is 0.0353 e. The van der Waals surface area contributed by atoms with Gasteiger partial charge in [-0.2, -0.15) is 0 Å². The third-order valence-electron chi connectivity index (χ3n) is 0.807. The highest BCUT2D eigenvalue weighted by molar-refractivity contribution is 5.66. The Hall–Kier alpha value is -1.07. The van der Waals surface area contributed by atoms with E-state index in [1.165, 1.54) is 0 Å². The normalized spacial score (nSPS) is 15.1. The molecule has 0 radical (unpaired) electrons. The van der Waals surface area contributed by atoms with Crippen molar-refractivity contribution in [3.8, 4) is 0 Å². The van der Waals surface area contributed by atoms with Crippen molar-refractivity contribution < 1.29 is 0 Å². The molecule has 1 heteroatoms. The van der Waals surface area contributed by atoms with E-state index in [1.807, 2.05) is 24.3 Å². The van der Waals surface area contributed by atoms with Crippen molar-refractivity contribution in [2.24, 2.45) is 0 Å². The second-order valence-corrected chi connectivity index (χ2v) is 1.30. The molecule has 0 aromatic rings. The fourth-order valence-electron chi connectivity index (χ4n) is 0.457. The molecule has 1 aliphatic carbocycles. The molecular formula is C6H5N. The molecule has 0 saturated carbocycles. The second-order valence-electron chi connectivity index (χ2n) is 1.30. The number of allylic oxidation sites excluding steroid dienone is 5. The van der Waals surface area contributed by atoms with E-state index in [2.05, 4.69) is 5.87 Å². The van der Waals surface area contributed by atoms with E-state index in [9.17, 15) is 0 Å². The first kappa shape index (κ1) is 4.10. The van der Waals surface area contributed by atoms with E-state index in [4.69, 9.17) is 5.41 Å². The molecule has 0 saturated heterocycles. The van der Waals surface area contributed by atoms with Crippen LogP contribution in [0.5, 0.6) is 0 Å². The molecule has 1 nitrogen and oxygen atoms in total. The van der Waals surface area contributed by atoms with Gasteiger partial charge in [0.25, 0.3) is 0 Å². The summed E-state index contributed by atoms with van der Waals surface area (Å²) in [7, 11) is 0. The van der Waals surface area contributed by atoms with Crippen molar-refractivity contribution in [2.75, 3.05) is 0 Å². The van der Waals surface area contributed by atoms with Crippen molar-refractivity contribution >= 4 is 5.87 Å². The van der Waals surface area contributed by atoms with Gasteiger partial charge in [0.05, 0.1) is 0 Å². The van der Waals surface area contributed by atoms with Crippen LogP contribution in [0.4, 0.5) is 0 Å². The predicted octanol–water partition coefficient (Wildman–Crippen LogP) is 1.29. The maximum absolute atomic E-state index is 6.61. The van der Waals surface area contributed by atoms with Gasteiger partial charge in [-0.15, -0.1) is 0 Å². The molecule has 0 heterocycles. The van der Waals surface area contributed by atoms with Gasteiger partial charge in [0.1, 0.15) is 0 Å². The molecule has 0 fully saturated rings. The Morgan fingerprint density at radius 2 is 1.86 bits per heavy atom. The van der Waals surface area contributed by atoms with E-state index >= 15 is 0 Å². The molecule has 1 aliphatic rings. The summed E-state index contributed by atoms with van der Waals surface area (Å²) in [5, 5.41) is 6.61. The Balaban J connectivity index is 3.00. The zero-order valence-corrected chi connectivity index (χ0v) is 3.81. The second kappa shape index (κ2) is 1.59. The molecular weight excluding hydrogens is 86.1 g/mol. The Labute approximate surface area is 42.2 Å². The highest BCUT2D eigenvalue weighted by Crippen LogP contribution is 2.00. The zero-order chi connectivity index (χ0) is 5.11. The van der Waals surface area contributed by atoms with E-state index in [0.29, 0.717) is 0 Å². The topological polar surface area (TPSA) is 23.9 Å². The molecule has 1 N–H and O–H groups in total. The lowest BCUT2D eigenvalue weighted by molar-refractivity contribution is 1.58. The van der Waals surface area contributed by atoms with Crippen LogP contribution in [0.25, 0.3) is 0 Å². The highest BCUT2D eigenvalue weighted by atomic mass is 14.3. The zero-order valence-electron chi connectivity index (χ0n) is 3.81. The molecule has 0 amide bonds. The van der Waals surface area contributed by atoms with E-state index in [1.54, 1.807) is 0 Å². The van der Waals surface area contributed by atoms with Crippen LogP contribution >= 0.6 is 0 Å². The van der Waals surface area contributed by atoms with Crippen LogP contribution in [0.15, 0.2) is 29.9 Å². The quantitative estimate of drug-likeness (QED) is 0.434. The average molecular weight is 91.1 g/mol. The van der Waals surface area contributed by atoms with Gasteiger partial charge in [0.15, 0.2) is 0 Å². The number of rotatable bonds is 0. The van der Waals surface area contributed by atoms with Gasteiger partial charge >= 0.3 is 0 Å². The standard InChI is InChI=1S/C6H5N/c7-5-6-3-1-2-4-6/h1-4,7H. The Morgan fingerprint density at radius 1 is 1.29 bits per heavy atom. The van der Waals surface area contributed by atoms with Gasteiger partial charge in [-0.25, -0.2) is 0 Å². The Morgan fingerprint density at radius 3 is 2.14 bits per heavy atom.